The Morgan fingerprint density at radius 2 is 1.54 bits per heavy atom. The monoisotopic (exact) mass is 745 g/mol. The molecule has 3 fully saturated rings. The standard InChI is InChI=1S/C38H51ClF3N7O3/c1-25(2)45-17-19-46(20-18-45)29-8-14-48(15-9-29)36(51)28(21-26-22-31(38(40,41)42)35(43)32(39)23-26)24-34(50)47-12-10-30(11-13-47)49-16-7-27-5-3-4-6-33(27)44-37(49)52/h3-6,22-23,25,28-30H,7-21,24,43H2,1-2H3,(H,44,52). The molecule has 4 aliphatic rings. The average Bonchev–Trinajstić information content (AvgIpc) is 3.30. The minimum Gasteiger partial charge on any atom is -0.397 e. The van der Waals surface area contributed by atoms with Crippen LogP contribution in [0.15, 0.2) is 36.4 Å². The Hall–Kier alpha value is -3.55. The Bertz CT molecular complexity index is 1600. The molecule has 0 aliphatic carbocycles. The van der Waals surface area contributed by atoms with Gasteiger partial charge in [-0.15, -0.1) is 0 Å². The SMILES string of the molecule is CC(C)N1CCN(C2CCN(C(=O)C(CC(=O)N3CCC(N4CCc5ccccc5NC4=O)CC3)Cc3cc(Cl)c(N)c(C(F)(F)F)c3)CC2)CC1. The first-order valence-electron chi connectivity index (χ1n) is 18.6. The molecule has 1 unspecified atom stereocenters. The van der Waals surface area contributed by atoms with Crippen LogP contribution in [0.4, 0.5) is 29.3 Å². The molecule has 4 aliphatic heterocycles. The van der Waals surface area contributed by atoms with Gasteiger partial charge in [-0.25, -0.2) is 4.79 Å². The number of hydrogen-bond donors (Lipinski definition) is 2. The summed E-state index contributed by atoms with van der Waals surface area (Å²) in [5.74, 6) is -1.32. The summed E-state index contributed by atoms with van der Waals surface area (Å²) in [6.45, 7) is 10.9. The fourth-order valence-electron chi connectivity index (χ4n) is 8.39. The summed E-state index contributed by atoms with van der Waals surface area (Å²) in [6.07, 6.45) is -1.40. The Kier molecular flexibility index (Phi) is 11.9. The summed E-state index contributed by atoms with van der Waals surface area (Å²) in [6, 6.07) is 10.8. The lowest BCUT2D eigenvalue weighted by molar-refractivity contribution is -0.143. The van der Waals surface area contributed by atoms with Crippen molar-refractivity contribution in [2.75, 3.05) is 70.0 Å². The number of piperidine rings is 2. The molecular weight excluding hydrogens is 695 g/mol. The van der Waals surface area contributed by atoms with Crippen molar-refractivity contribution >= 4 is 40.8 Å². The van der Waals surface area contributed by atoms with E-state index in [1.807, 2.05) is 29.2 Å². The molecule has 2 aromatic carbocycles. The molecule has 0 spiro atoms. The second kappa shape index (κ2) is 16.2. The quantitative estimate of drug-likeness (QED) is 0.342. The molecule has 2 aromatic rings. The lowest BCUT2D eigenvalue weighted by Gasteiger charge is -2.44. The summed E-state index contributed by atoms with van der Waals surface area (Å²) in [4.78, 5) is 51.5. The number of carbonyl (C=O) groups excluding carboxylic acids is 3. The number of urea groups is 1. The molecule has 1 atom stereocenters. The van der Waals surface area contributed by atoms with Gasteiger partial charge < -0.3 is 25.8 Å². The van der Waals surface area contributed by atoms with Crippen LogP contribution in [0.3, 0.4) is 0 Å². The number of rotatable bonds is 8. The fourth-order valence-corrected chi connectivity index (χ4v) is 8.63. The summed E-state index contributed by atoms with van der Waals surface area (Å²) >= 11 is 6.17. The predicted octanol–water partition coefficient (Wildman–Crippen LogP) is 5.59. The van der Waals surface area contributed by atoms with Crippen molar-refractivity contribution in [1.82, 2.24) is 24.5 Å². The third-order valence-electron chi connectivity index (χ3n) is 11.5. The number of anilines is 2. The number of hydrogen-bond acceptors (Lipinski definition) is 6. The molecule has 10 nitrogen and oxygen atoms in total. The predicted molar refractivity (Wildman–Crippen MR) is 196 cm³/mol. The number of nitrogens with zero attached hydrogens (tertiary/aromatic N) is 5. The fraction of sp³-hybridized carbons (Fsp3) is 0.605. The number of benzene rings is 2. The molecule has 0 bridgehead atoms. The van der Waals surface area contributed by atoms with Crippen LogP contribution in [0.1, 0.15) is 62.6 Å². The largest absolute Gasteiger partial charge is 0.418 e. The number of amides is 4. The van der Waals surface area contributed by atoms with Crippen LogP contribution in [0.2, 0.25) is 5.02 Å². The van der Waals surface area contributed by atoms with E-state index in [4.69, 9.17) is 17.3 Å². The zero-order valence-corrected chi connectivity index (χ0v) is 30.9. The zero-order valence-electron chi connectivity index (χ0n) is 30.1. The number of likely N-dealkylation sites (tertiary alicyclic amines) is 2. The molecule has 52 heavy (non-hydrogen) atoms. The Morgan fingerprint density at radius 1 is 0.904 bits per heavy atom. The number of alkyl halides is 3. The van der Waals surface area contributed by atoms with E-state index >= 15 is 0 Å². The Balaban J connectivity index is 1.11. The highest BCUT2D eigenvalue weighted by molar-refractivity contribution is 6.33. The molecule has 14 heteroatoms. The van der Waals surface area contributed by atoms with E-state index in [2.05, 4.69) is 29.0 Å². The van der Waals surface area contributed by atoms with Gasteiger partial charge in [-0.1, -0.05) is 29.8 Å². The van der Waals surface area contributed by atoms with Crippen LogP contribution >= 0.6 is 11.6 Å². The van der Waals surface area contributed by atoms with Gasteiger partial charge in [0.25, 0.3) is 0 Å². The van der Waals surface area contributed by atoms with Crippen molar-refractivity contribution in [3.63, 3.8) is 0 Å². The summed E-state index contributed by atoms with van der Waals surface area (Å²) in [7, 11) is 0. The maximum Gasteiger partial charge on any atom is 0.418 e. The molecule has 0 aromatic heterocycles. The second-order valence-electron chi connectivity index (χ2n) is 15.0. The van der Waals surface area contributed by atoms with Crippen LogP contribution in [0.25, 0.3) is 0 Å². The van der Waals surface area contributed by atoms with E-state index in [1.54, 1.807) is 9.80 Å². The smallest absolute Gasteiger partial charge is 0.397 e. The first kappa shape index (κ1) is 38.2. The maximum absolute atomic E-state index is 14.2. The minimum absolute atomic E-state index is 0.0388. The molecule has 284 valence electrons. The third-order valence-corrected chi connectivity index (χ3v) is 11.8. The highest BCUT2D eigenvalue weighted by Crippen LogP contribution is 2.39. The molecule has 0 saturated carbocycles. The number of carbonyl (C=O) groups is 3. The average molecular weight is 746 g/mol. The van der Waals surface area contributed by atoms with Gasteiger partial charge in [0.15, 0.2) is 0 Å². The van der Waals surface area contributed by atoms with Crippen molar-refractivity contribution in [1.29, 1.82) is 0 Å². The summed E-state index contributed by atoms with van der Waals surface area (Å²) in [5, 5.41) is 2.78. The van der Waals surface area contributed by atoms with Crippen molar-refractivity contribution < 1.29 is 27.6 Å². The van der Waals surface area contributed by atoms with E-state index in [0.717, 1.165) is 62.8 Å². The topological polar surface area (TPSA) is 105 Å². The van der Waals surface area contributed by atoms with Crippen LogP contribution in [-0.4, -0.2) is 119 Å². The Labute approximate surface area is 309 Å². The number of para-hydroxylation sites is 1. The van der Waals surface area contributed by atoms with E-state index in [-0.39, 0.29) is 47.3 Å². The molecule has 0 radical (unpaired) electrons. The van der Waals surface area contributed by atoms with Gasteiger partial charge >= 0.3 is 12.2 Å². The number of nitrogen functional groups attached to an aromatic ring is 1. The van der Waals surface area contributed by atoms with Gasteiger partial charge in [0, 0.05) is 89.1 Å². The zero-order chi connectivity index (χ0) is 37.2. The van der Waals surface area contributed by atoms with E-state index in [9.17, 15) is 27.6 Å². The number of piperazine rings is 1. The molecule has 3 N–H and O–H groups in total. The van der Waals surface area contributed by atoms with Gasteiger partial charge in [0.05, 0.1) is 22.2 Å². The molecule has 4 heterocycles. The second-order valence-corrected chi connectivity index (χ2v) is 15.4. The number of halogens is 4. The first-order valence-corrected chi connectivity index (χ1v) is 19.0. The van der Waals surface area contributed by atoms with Crippen LogP contribution in [-0.2, 0) is 28.6 Å². The van der Waals surface area contributed by atoms with E-state index < -0.39 is 23.3 Å². The molecule has 4 amide bonds. The Morgan fingerprint density at radius 3 is 2.19 bits per heavy atom. The molecule has 6 rings (SSSR count). The lowest BCUT2D eigenvalue weighted by atomic mass is 9.91. The lowest BCUT2D eigenvalue weighted by Crippen LogP contribution is -2.55. The molecular formula is C38H51ClF3N7O3. The van der Waals surface area contributed by atoms with Crippen LogP contribution in [0.5, 0.6) is 0 Å². The van der Waals surface area contributed by atoms with Gasteiger partial charge in [0.2, 0.25) is 11.8 Å². The number of nitrogens with two attached hydrogens (primary N) is 1. The first-order chi connectivity index (χ1) is 24.8. The summed E-state index contributed by atoms with van der Waals surface area (Å²) < 4.78 is 41.6. The van der Waals surface area contributed by atoms with Crippen LogP contribution in [0, 0.1) is 5.92 Å². The van der Waals surface area contributed by atoms with E-state index in [1.165, 1.54) is 6.07 Å². The maximum atomic E-state index is 14.2. The minimum atomic E-state index is -4.72. The molecule has 3 saturated heterocycles. The van der Waals surface area contributed by atoms with Crippen molar-refractivity contribution in [2.24, 2.45) is 5.92 Å². The van der Waals surface area contributed by atoms with Gasteiger partial charge in [-0.05, 0) is 81.7 Å². The van der Waals surface area contributed by atoms with Gasteiger partial charge in [-0.3, -0.25) is 19.4 Å². The highest BCUT2D eigenvalue weighted by Gasteiger charge is 2.38. The normalized spacial score (nSPS) is 20.8. The summed E-state index contributed by atoms with van der Waals surface area (Å²) in [5.41, 5.74) is 6.21. The number of fused-ring (bicyclic) bond motifs is 1. The van der Waals surface area contributed by atoms with Gasteiger partial charge in [-0.2, -0.15) is 13.2 Å². The van der Waals surface area contributed by atoms with Crippen molar-refractivity contribution in [3.05, 3.63) is 58.1 Å². The van der Waals surface area contributed by atoms with E-state index in [0.29, 0.717) is 57.6 Å². The third kappa shape index (κ3) is 8.80. The van der Waals surface area contributed by atoms with Crippen molar-refractivity contribution in [3.8, 4) is 0 Å². The van der Waals surface area contributed by atoms with Crippen molar-refractivity contribution in [2.45, 2.75) is 83.1 Å². The highest BCUT2D eigenvalue weighted by atomic mass is 35.5. The van der Waals surface area contributed by atoms with Crippen LogP contribution < -0.4 is 11.1 Å². The van der Waals surface area contributed by atoms with Gasteiger partial charge in [0.1, 0.15) is 0 Å². The number of nitrogens with one attached hydrogen (secondary N) is 1.